The molecule has 0 aliphatic heterocycles. The van der Waals surface area contributed by atoms with Gasteiger partial charge >= 0.3 is 0 Å². The van der Waals surface area contributed by atoms with Gasteiger partial charge in [0.15, 0.2) is 0 Å². The monoisotopic (exact) mass is 286 g/mol. The van der Waals surface area contributed by atoms with Crippen LogP contribution in [0.25, 0.3) is 0 Å². The number of nitrogens with zero attached hydrogens (tertiary/aromatic N) is 1. The van der Waals surface area contributed by atoms with Gasteiger partial charge in [-0.25, -0.2) is 4.39 Å². The van der Waals surface area contributed by atoms with E-state index in [2.05, 4.69) is 36.1 Å². The number of anilines is 1. The zero-order valence-electron chi connectivity index (χ0n) is 12.6. The van der Waals surface area contributed by atoms with Crippen LogP contribution in [0.1, 0.15) is 24.5 Å². The van der Waals surface area contributed by atoms with E-state index in [9.17, 15) is 4.39 Å². The molecule has 0 bridgehead atoms. The number of hydrogen-bond acceptors (Lipinski definition) is 2. The highest BCUT2D eigenvalue weighted by atomic mass is 19.1. The largest absolute Gasteiger partial charge is 0.365 e. The molecule has 0 fully saturated rings. The lowest BCUT2D eigenvalue weighted by Crippen LogP contribution is -2.26. The normalized spacial score (nSPS) is 10.6. The molecule has 0 saturated heterocycles. The van der Waals surface area contributed by atoms with E-state index >= 15 is 0 Å². The molecule has 0 amide bonds. The Balaban J connectivity index is 2.17. The second-order valence-electron chi connectivity index (χ2n) is 5.19. The molecule has 0 unspecified atom stereocenters. The molecule has 0 saturated carbocycles. The summed E-state index contributed by atoms with van der Waals surface area (Å²) in [6, 6.07) is 15.4. The predicted molar refractivity (Wildman–Crippen MR) is 86.9 cm³/mol. The maximum Gasteiger partial charge on any atom is 0.146 e. The number of aryl methyl sites for hydroxylation is 1. The first-order valence-corrected chi connectivity index (χ1v) is 7.52. The zero-order chi connectivity index (χ0) is 15.1. The van der Waals surface area contributed by atoms with Gasteiger partial charge in [0.05, 0.1) is 5.69 Å². The van der Waals surface area contributed by atoms with E-state index < -0.39 is 0 Å². The highest BCUT2D eigenvalue weighted by Gasteiger charge is 2.11. The number of nitrogens with two attached hydrogens (primary N) is 1. The average Bonchev–Trinajstić information content (AvgIpc) is 2.53. The Morgan fingerprint density at radius 3 is 2.29 bits per heavy atom. The fraction of sp³-hybridized carbons (Fsp3) is 0.333. The molecule has 3 heteroatoms. The molecule has 0 aliphatic carbocycles. The van der Waals surface area contributed by atoms with Crippen molar-refractivity contribution in [1.82, 2.24) is 0 Å². The van der Waals surface area contributed by atoms with Crippen LogP contribution in [0.15, 0.2) is 48.5 Å². The first kappa shape index (κ1) is 15.5. The number of hydrogen-bond donors (Lipinski definition) is 1. The van der Waals surface area contributed by atoms with E-state index in [0.717, 1.165) is 19.4 Å². The molecule has 0 atom stereocenters. The zero-order valence-corrected chi connectivity index (χ0v) is 12.6. The van der Waals surface area contributed by atoms with Gasteiger partial charge in [0.2, 0.25) is 0 Å². The molecule has 2 rings (SSSR count). The Kier molecular flexibility index (Phi) is 5.76. The number of benzene rings is 2. The Hall–Kier alpha value is -1.87. The fourth-order valence-electron chi connectivity index (χ4n) is 2.38. The quantitative estimate of drug-likeness (QED) is 0.840. The third kappa shape index (κ3) is 4.30. The van der Waals surface area contributed by atoms with Crippen LogP contribution in [0, 0.1) is 5.82 Å². The highest BCUT2D eigenvalue weighted by molar-refractivity contribution is 5.48. The fourth-order valence-corrected chi connectivity index (χ4v) is 2.38. The van der Waals surface area contributed by atoms with Crippen molar-refractivity contribution in [1.29, 1.82) is 0 Å². The number of halogens is 1. The van der Waals surface area contributed by atoms with Crippen LogP contribution in [0.5, 0.6) is 0 Å². The summed E-state index contributed by atoms with van der Waals surface area (Å²) in [4.78, 5) is 2.06. The molecule has 2 aromatic rings. The van der Waals surface area contributed by atoms with Gasteiger partial charge in [-0.1, -0.05) is 43.3 Å². The maximum absolute atomic E-state index is 14.0. The number of rotatable bonds is 7. The molecule has 2 N–H and O–H groups in total. The smallest absolute Gasteiger partial charge is 0.146 e. The lowest BCUT2D eigenvalue weighted by atomic mass is 10.1. The van der Waals surface area contributed by atoms with Gasteiger partial charge in [0, 0.05) is 13.1 Å². The molecular weight excluding hydrogens is 263 g/mol. The van der Waals surface area contributed by atoms with Gasteiger partial charge in [0.1, 0.15) is 5.82 Å². The van der Waals surface area contributed by atoms with Crippen molar-refractivity contribution in [3.63, 3.8) is 0 Å². The molecule has 112 valence electrons. The molecule has 0 heterocycles. The first-order chi connectivity index (χ1) is 10.2. The molecule has 0 aromatic heterocycles. The minimum Gasteiger partial charge on any atom is -0.365 e. The molecule has 2 nitrogen and oxygen atoms in total. The van der Waals surface area contributed by atoms with E-state index in [1.807, 2.05) is 12.1 Å². The van der Waals surface area contributed by atoms with E-state index in [0.29, 0.717) is 18.8 Å². The second-order valence-corrected chi connectivity index (χ2v) is 5.19. The van der Waals surface area contributed by atoms with Crippen LogP contribution in [0.2, 0.25) is 0 Å². The van der Waals surface area contributed by atoms with E-state index in [-0.39, 0.29) is 5.82 Å². The summed E-state index contributed by atoms with van der Waals surface area (Å²) in [5.74, 6) is -0.181. The topological polar surface area (TPSA) is 29.3 Å². The molecule has 21 heavy (non-hydrogen) atoms. The van der Waals surface area contributed by atoms with Crippen molar-refractivity contribution < 1.29 is 4.39 Å². The third-order valence-electron chi connectivity index (χ3n) is 3.63. The van der Waals surface area contributed by atoms with Crippen molar-refractivity contribution in [3.8, 4) is 0 Å². The molecule has 0 spiro atoms. The van der Waals surface area contributed by atoms with Crippen LogP contribution >= 0.6 is 0 Å². The van der Waals surface area contributed by atoms with Gasteiger partial charge in [-0.05, 0) is 42.6 Å². The molecule has 0 radical (unpaired) electrons. The average molecular weight is 286 g/mol. The van der Waals surface area contributed by atoms with E-state index in [4.69, 9.17) is 5.73 Å². The number of para-hydroxylation sites is 1. The van der Waals surface area contributed by atoms with Gasteiger partial charge in [-0.15, -0.1) is 0 Å². The third-order valence-corrected chi connectivity index (χ3v) is 3.63. The summed E-state index contributed by atoms with van der Waals surface area (Å²) >= 11 is 0. The van der Waals surface area contributed by atoms with Crippen LogP contribution in [0.3, 0.4) is 0 Å². The Bertz CT molecular complexity index is 551. The SMILES string of the molecule is CCc1ccc(CN(CCCN)c2ccccc2F)cc1. The summed E-state index contributed by atoms with van der Waals surface area (Å²) < 4.78 is 14.0. The lowest BCUT2D eigenvalue weighted by molar-refractivity contribution is 0.612. The summed E-state index contributed by atoms with van der Waals surface area (Å²) in [7, 11) is 0. The first-order valence-electron chi connectivity index (χ1n) is 7.52. The van der Waals surface area contributed by atoms with Gasteiger partial charge in [-0.2, -0.15) is 0 Å². The van der Waals surface area contributed by atoms with Gasteiger partial charge in [0.25, 0.3) is 0 Å². The van der Waals surface area contributed by atoms with Crippen LogP contribution in [-0.4, -0.2) is 13.1 Å². The predicted octanol–water partition coefficient (Wildman–Crippen LogP) is 3.74. The minimum absolute atomic E-state index is 0.181. The van der Waals surface area contributed by atoms with Crippen LogP contribution in [0.4, 0.5) is 10.1 Å². The van der Waals surface area contributed by atoms with Crippen molar-refractivity contribution in [2.75, 3.05) is 18.0 Å². The van der Waals surface area contributed by atoms with Crippen molar-refractivity contribution in [3.05, 3.63) is 65.5 Å². The minimum atomic E-state index is -0.181. The van der Waals surface area contributed by atoms with Crippen molar-refractivity contribution in [2.24, 2.45) is 5.73 Å². The summed E-state index contributed by atoms with van der Waals surface area (Å²) in [5.41, 5.74) is 8.75. The van der Waals surface area contributed by atoms with Gasteiger partial charge < -0.3 is 10.6 Å². The van der Waals surface area contributed by atoms with Crippen molar-refractivity contribution >= 4 is 5.69 Å². The van der Waals surface area contributed by atoms with Gasteiger partial charge in [-0.3, -0.25) is 0 Å². The van der Waals surface area contributed by atoms with E-state index in [1.54, 1.807) is 6.07 Å². The Labute approximate surface area is 126 Å². The second kappa shape index (κ2) is 7.79. The standard InChI is InChI=1S/C18H23FN2/c1-2-15-8-10-16(11-9-15)14-21(13-5-12-20)18-7-4-3-6-17(18)19/h3-4,6-11H,2,5,12-14,20H2,1H3. The molecule has 2 aromatic carbocycles. The van der Waals surface area contributed by atoms with Crippen LogP contribution < -0.4 is 10.6 Å². The lowest BCUT2D eigenvalue weighted by Gasteiger charge is -2.25. The Morgan fingerprint density at radius 1 is 1.00 bits per heavy atom. The van der Waals surface area contributed by atoms with Crippen LogP contribution in [-0.2, 0) is 13.0 Å². The highest BCUT2D eigenvalue weighted by Crippen LogP contribution is 2.21. The summed E-state index contributed by atoms with van der Waals surface area (Å²) in [5, 5.41) is 0. The summed E-state index contributed by atoms with van der Waals surface area (Å²) in [6.07, 6.45) is 1.88. The Morgan fingerprint density at radius 2 is 1.67 bits per heavy atom. The molecule has 0 aliphatic rings. The summed E-state index contributed by atoms with van der Waals surface area (Å²) in [6.45, 7) is 4.21. The maximum atomic E-state index is 14.0. The van der Waals surface area contributed by atoms with Crippen molar-refractivity contribution in [2.45, 2.75) is 26.3 Å². The van der Waals surface area contributed by atoms with E-state index in [1.165, 1.54) is 17.2 Å². The molecular formula is C18H23FN2.